The zero-order chi connectivity index (χ0) is 24.4. The van der Waals surface area contributed by atoms with Crippen LogP contribution in [0.3, 0.4) is 0 Å². The third-order valence-corrected chi connectivity index (χ3v) is 10.7. The van der Waals surface area contributed by atoms with Gasteiger partial charge in [0.2, 0.25) is 0 Å². The fourth-order valence-electron chi connectivity index (χ4n) is 8.51. The molecule has 2 aromatic rings. The van der Waals surface area contributed by atoms with Crippen molar-refractivity contribution in [1.82, 2.24) is 10.2 Å². The molecular formula is C28H34N2O4S. The maximum Gasteiger partial charge on any atom is 0.251 e. The third kappa shape index (κ3) is 3.45. The summed E-state index contributed by atoms with van der Waals surface area (Å²) in [6.45, 7) is 1.43. The van der Waals surface area contributed by atoms with Crippen LogP contribution in [0.15, 0.2) is 48.5 Å². The lowest BCUT2D eigenvalue weighted by Gasteiger charge is -2.66. The van der Waals surface area contributed by atoms with Gasteiger partial charge in [0.25, 0.3) is 5.91 Å². The van der Waals surface area contributed by atoms with Crippen molar-refractivity contribution < 1.29 is 18.3 Å². The molecule has 2 saturated carbocycles. The lowest BCUT2D eigenvalue weighted by atomic mass is 9.43. The van der Waals surface area contributed by atoms with Gasteiger partial charge in [0.05, 0.1) is 5.75 Å². The molecule has 35 heavy (non-hydrogen) atoms. The van der Waals surface area contributed by atoms with Crippen molar-refractivity contribution in [1.29, 1.82) is 0 Å². The number of fused-ring (bicyclic) bond motifs is 1. The first-order valence-corrected chi connectivity index (χ1v) is 14.9. The van der Waals surface area contributed by atoms with Crippen molar-refractivity contribution in [3.63, 3.8) is 0 Å². The topological polar surface area (TPSA) is 86.7 Å². The first kappa shape index (κ1) is 23.0. The van der Waals surface area contributed by atoms with Crippen LogP contribution in [0.2, 0.25) is 0 Å². The van der Waals surface area contributed by atoms with Gasteiger partial charge in [-0.3, -0.25) is 9.69 Å². The molecule has 5 atom stereocenters. The summed E-state index contributed by atoms with van der Waals surface area (Å²) in [7, 11) is -3.03. The predicted molar refractivity (Wildman–Crippen MR) is 135 cm³/mol. The fraction of sp³-hybridized carbons (Fsp3) is 0.536. The van der Waals surface area contributed by atoms with Crippen molar-refractivity contribution >= 4 is 15.7 Å². The lowest BCUT2D eigenvalue weighted by Crippen LogP contribution is -2.70. The minimum Gasteiger partial charge on any atom is -0.508 e. The summed E-state index contributed by atoms with van der Waals surface area (Å²) in [6, 6.07) is 15.7. The molecule has 7 heteroatoms. The van der Waals surface area contributed by atoms with Crippen LogP contribution in [0.1, 0.15) is 53.6 Å². The number of hydrogen-bond acceptors (Lipinski definition) is 5. The molecule has 4 bridgehead atoms. The van der Waals surface area contributed by atoms with Gasteiger partial charge in [-0.25, -0.2) is 8.42 Å². The molecule has 0 aromatic heterocycles. The summed E-state index contributed by atoms with van der Waals surface area (Å²) < 4.78 is 24.0. The molecule has 6 rings (SSSR count). The summed E-state index contributed by atoms with van der Waals surface area (Å²) in [6.07, 6.45) is 7.25. The van der Waals surface area contributed by atoms with Crippen LogP contribution in [-0.4, -0.2) is 61.5 Å². The second-order valence-corrected chi connectivity index (χ2v) is 13.5. The fourth-order valence-corrected chi connectivity index (χ4v) is 9.07. The molecule has 1 amide bonds. The van der Waals surface area contributed by atoms with Crippen molar-refractivity contribution in [2.75, 3.05) is 25.1 Å². The summed E-state index contributed by atoms with van der Waals surface area (Å²) in [4.78, 5) is 15.6. The molecule has 0 spiro atoms. The van der Waals surface area contributed by atoms with E-state index in [1.165, 1.54) is 17.4 Å². The van der Waals surface area contributed by atoms with E-state index < -0.39 is 9.84 Å². The Kier molecular flexibility index (Phi) is 5.31. The number of sulfone groups is 1. The number of benzene rings is 2. The van der Waals surface area contributed by atoms with Gasteiger partial charge in [-0.1, -0.05) is 24.3 Å². The molecule has 3 fully saturated rings. The molecule has 186 valence electrons. The third-order valence-electron chi connectivity index (χ3n) is 9.77. The van der Waals surface area contributed by atoms with Gasteiger partial charge >= 0.3 is 0 Å². The standard InChI is InChI=1S/C28H34N2O4S/c1-35(33,34)16-15-30-14-13-28-22-9-11-27(28,25(30)17-20-7-8-21(31)18-23(20)28)12-10-24(22)29-26(32)19-5-3-2-4-6-19/h2-8,18,22,24-25,31H,9-17H2,1H3,(H,29,32). The highest BCUT2D eigenvalue weighted by atomic mass is 32.2. The van der Waals surface area contributed by atoms with Crippen molar-refractivity contribution in [3.05, 3.63) is 65.2 Å². The van der Waals surface area contributed by atoms with Crippen LogP contribution in [0.25, 0.3) is 0 Å². The van der Waals surface area contributed by atoms with Gasteiger partial charge in [-0.2, -0.15) is 0 Å². The number of likely N-dealkylation sites (tertiary alicyclic amines) is 1. The SMILES string of the molecule is CS(=O)(=O)CCN1CCC23c4cc(O)ccc4CC1C21CCC(NC(=O)c2ccccc2)C3CC1. The van der Waals surface area contributed by atoms with Crippen molar-refractivity contribution in [2.45, 2.75) is 56.0 Å². The molecule has 1 saturated heterocycles. The molecule has 4 aliphatic rings. The highest BCUT2D eigenvalue weighted by Crippen LogP contribution is 2.72. The Hall–Kier alpha value is -2.38. The van der Waals surface area contributed by atoms with Crippen LogP contribution in [0, 0.1) is 11.3 Å². The zero-order valence-electron chi connectivity index (χ0n) is 20.2. The molecule has 1 aliphatic heterocycles. The minimum atomic E-state index is -3.03. The van der Waals surface area contributed by atoms with E-state index in [1.807, 2.05) is 36.4 Å². The number of carbonyl (C=O) groups excluding carboxylic acids is 1. The van der Waals surface area contributed by atoms with E-state index in [9.17, 15) is 18.3 Å². The Morgan fingerprint density at radius 2 is 1.89 bits per heavy atom. The van der Waals surface area contributed by atoms with Crippen molar-refractivity contribution in [3.8, 4) is 5.75 Å². The summed E-state index contributed by atoms with van der Waals surface area (Å²) in [5.41, 5.74) is 3.20. The number of piperidine rings is 1. The molecular weight excluding hydrogens is 460 g/mol. The second kappa shape index (κ2) is 8.07. The van der Waals surface area contributed by atoms with Crippen molar-refractivity contribution in [2.24, 2.45) is 11.3 Å². The van der Waals surface area contributed by atoms with E-state index in [4.69, 9.17) is 0 Å². The number of hydrogen-bond donors (Lipinski definition) is 2. The van der Waals surface area contributed by atoms with Crippen LogP contribution in [0.4, 0.5) is 0 Å². The van der Waals surface area contributed by atoms with Gasteiger partial charge in [-0.05, 0) is 91.8 Å². The molecule has 3 aliphatic carbocycles. The van der Waals surface area contributed by atoms with E-state index in [1.54, 1.807) is 6.07 Å². The first-order valence-electron chi connectivity index (χ1n) is 12.8. The quantitative estimate of drug-likeness (QED) is 0.666. The first-order chi connectivity index (χ1) is 16.7. The average molecular weight is 495 g/mol. The summed E-state index contributed by atoms with van der Waals surface area (Å²) in [5, 5.41) is 13.9. The lowest BCUT2D eigenvalue weighted by molar-refractivity contribution is -0.0916. The number of rotatable bonds is 5. The number of aromatic hydroxyl groups is 1. The molecule has 0 radical (unpaired) electrons. The monoisotopic (exact) mass is 494 g/mol. The summed E-state index contributed by atoms with van der Waals surface area (Å²) in [5.74, 6) is 0.791. The smallest absolute Gasteiger partial charge is 0.251 e. The minimum absolute atomic E-state index is 0.0134. The predicted octanol–water partition coefficient (Wildman–Crippen LogP) is 3.29. The van der Waals surface area contributed by atoms with Gasteiger partial charge in [0.1, 0.15) is 15.6 Å². The van der Waals surface area contributed by atoms with E-state index in [0.29, 0.717) is 29.8 Å². The van der Waals surface area contributed by atoms with Gasteiger partial charge in [-0.15, -0.1) is 0 Å². The number of nitrogens with zero attached hydrogens (tertiary/aromatic N) is 1. The largest absolute Gasteiger partial charge is 0.508 e. The molecule has 5 unspecified atom stereocenters. The molecule has 1 heterocycles. The van der Waals surface area contributed by atoms with Crippen LogP contribution in [0.5, 0.6) is 5.75 Å². The van der Waals surface area contributed by atoms with Gasteiger partial charge in [0, 0.05) is 35.9 Å². The van der Waals surface area contributed by atoms with E-state index in [2.05, 4.69) is 16.3 Å². The second-order valence-electron chi connectivity index (χ2n) is 11.2. The highest BCUT2D eigenvalue weighted by molar-refractivity contribution is 7.90. The highest BCUT2D eigenvalue weighted by Gasteiger charge is 2.71. The number of phenols is 1. The molecule has 2 aromatic carbocycles. The molecule has 6 nitrogen and oxygen atoms in total. The summed E-state index contributed by atoms with van der Waals surface area (Å²) >= 11 is 0. The number of phenolic OH excluding ortho intramolecular Hbond substituents is 1. The van der Waals surface area contributed by atoms with E-state index in [-0.39, 0.29) is 28.5 Å². The average Bonchev–Trinajstić information content (AvgIpc) is 3.08. The normalized spacial score (nSPS) is 33.6. The van der Waals surface area contributed by atoms with Gasteiger partial charge < -0.3 is 10.4 Å². The van der Waals surface area contributed by atoms with Gasteiger partial charge in [0.15, 0.2) is 0 Å². The maximum atomic E-state index is 13.1. The number of amides is 1. The maximum absolute atomic E-state index is 13.1. The Labute approximate surface area is 207 Å². The Morgan fingerprint density at radius 1 is 1.11 bits per heavy atom. The van der Waals surface area contributed by atoms with Crippen LogP contribution >= 0.6 is 0 Å². The molecule has 2 N–H and O–H groups in total. The van der Waals surface area contributed by atoms with Crippen LogP contribution in [-0.2, 0) is 21.7 Å². The Balaban J connectivity index is 1.39. The zero-order valence-corrected chi connectivity index (χ0v) is 21.1. The van der Waals surface area contributed by atoms with Crippen LogP contribution < -0.4 is 5.32 Å². The Morgan fingerprint density at radius 3 is 2.66 bits per heavy atom. The van der Waals surface area contributed by atoms with E-state index in [0.717, 1.165) is 45.1 Å². The number of nitrogens with one attached hydrogen (secondary N) is 1. The van der Waals surface area contributed by atoms with E-state index >= 15 is 0 Å². The number of carbonyl (C=O) groups is 1. The Bertz CT molecular complexity index is 1260.